The van der Waals surface area contributed by atoms with Crippen LogP contribution in [0.25, 0.3) is 0 Å². The number of likely N-dealkylation sites (N-methyl/N-ethyl adjacent to an activating group) is 1. The zero-order valence-corrected chi connectivity index (χ0v) is 14.9. The lowest BCUT2D eigenvalue weighted by Gasteiger charge is -2.40. The van der Waals surface area contributed by atoms with Gasteiger partial charge in [0.1, 0.15) is 5.60 Å². The fraction of sp³-hybridized carbons (Fsp3) is 0.938. The van der Waals surface area contributed by atoms with Crippen molar-refractivity contribution < 1.29 is 9.53 Å². The van der Waals surface area contributed by atoms with Crippen LogP contribution in [-0.4, -0.2) is 73.9 Å². The van der Waals surface area contributed by atoms with Crippen LogP contribution in [0.15, 0.2) is 0 Å². The van der Waals surface area contributed by atoms with Gasteiger partial charge >= 0.3 is 6.09 Å². The average Bonchev–Trinajstić information content (AvgIpc) is 2.41. The van der Waals surface area contributed by atoms with Crippen molar-refractivity contribution in [1.82, 2.24) is 15.1 Å². The molecule has 2 unspecified atom stereocenters. The Bertz CT molecular complexity index is 342. The molecule has 6 heteroatoms. The molecule has 1 amide bonds. The first-order valence-electron chi connectivity index (χ1n) is 8.30. The number of carbonyl (C=O) groups is 1. The van der Waals surface area contributed by atoms with E-state index in [1.807, 2.05) is 20.8 Å². The SMILES string of the molecule is CN(C)C1CCCN(C(CN)CCNC(=O)OC(C)(C)C)C1. The van der Waals surface area contributed by atoms with Crippen LogP contribution in [0.3, 0.4) is 0 Å². The largest absolute Gasteiger partial charge is 0.444 e. The molecule has 0 saturated carbocycles. The van der Waals surface area contributed by atoms with Gasteiger partial charge in [-0.25, -0.2) is 4.79 Å². The van der Waals surface area contributed by atoms with E-state index in [1.54, 1.807) is 0 Å². The molecule has 0 spiro atoms. The van der Waals surface area contributed by atoms with Gasteiger partial charge in [-0.1, -0.05) is 0 Å². The van der Waals surface area contributed by atoms with Crippen molar-refractivity contribution >= 4 is 6.09 Å². The molecule has 1 heterocycles. The van der Waals surface area contributed by atoms with Crippen molar-refractivity contribution in [2.75, 3.05) is 40.3 Å². The lowest BCUT2D eigenvalue weighted by Crippen LogP contribution is -2.52. The molecule has 1 fully saturated rings. The van der Waals surface area contributed by atoms with E-state index >= 15 is 0 Å². The molecular weight excluding hydrogens is 280 g/mol. The second-order valence-electron chi connectivity index (χ2n) is 7.36. The van der Waals surface area contributed by atoms with Gasteiger partial charge in [0.25, 0.3) is 0 Å². The van der Waals surface area contributed by atoms with Crippen LogP contribution in [-0.2, 0) is 4.74 Å². The van der Waals surface area contributed by atoms with Gasteiger partial charge in [0.05, 0.1) is 0 Å². The number of rotatable bonds is 6. The Morgan fingerprint density at radius 3 is 2.68 bits per heavy atom. The lowest BCUT2D eigenvalue weighted by atomic mass is 10.0. The summed E-state index contributed by atoms with van der Waals surface area (Å²) in [6.07, 6.45) is 2.96. The van der Waals surface area contributed by atoms with E-state index in [-0.39, 0.29) is 6.09 Å². The normalized spacial score (nSPS) is 21.7. The van der Waals surface area contributed by atoms with Crippen LogP contribution in [0, 0.1) is 0 Å². The van der Waals surface area contributed by atoms with Gasteiger partial charge < -0.3 is 20.7 Å². The molecule has 1 aliphatic rings. The third-order valence-electron chi connectivity index (χ3n) is 4.09. The van der Waals surface area contributed by atoms with Crippen molar-refractivity contribution in [3.63, 3.8) is 0 Å². The number of nitrogens with zero attached hydrogens (tertiary/aromatic N) is 2. The molecule has 0 aliphatic carbocycles. The van der Waals surface area contributed by atoms with Crippen LogP contribution in [0.2, 0.25) is 0 Å². The second kappa shape index (κ2) is 8.70. The highest BCUT2D eigenvalue weighted by atomic mass is 16.6. The predicted molar refractivity (Wildman–Crippen MR) is 90.0 cm³/mol. The van der Waals surface area contributed by atoms with Crippen LogP contribution < -0.4 is 11.1 Å². The highest BCUT2D eigenvalue weighted by molar-refractivity contribution is 5.67. The van der Waals surface area contributed by atoms with Crippen LogP contribution in [0.5, 0.6) is 0 Å². The fourth-order valence-corrected chi connectivity index (χ4v) is 2.84. The summed E-state index contributed by atoms with van der Waals surface area (Å²) in [5.41, 5.74) is 5.49. The van der Waals surface area contributed by atoms with Crippen molar-refractivity contribution in [3.05, 3.63) is 0 Å². The number of ether oxygens (including phenoxy) is 1. The molecule has 130 valence electrons. The summed E-state index contributed by atoms with van der Waals surface area (Å²) in [5, 5.41) is 2.82. The number of nitrogens with one attached hydrogen (secondary N) is 1. The Labute approximate surface area is 135 Å². The maximum absolute atomic E-state index is 11.7. The number of amides is 1. The number of hydrogen-bond acceptors (Lipinski definition) is 5. The standard InChI is InChI=1S/C16H34N4O2/c1-16(2,3)22-15(21)18-9-8-13(11-17)20-10-6-7-14(12-20)19(4)5/h13-14H,6-12,17H2,1-5H3,(H,18,21). The Balaban J connectivity index is 2.37. The van der Waals surface area contributed by atoms with Gasteiger partial charge in [0.2, 0.25) is 0 Å². The molecule has 1 saturated heterocycles. The third-order valence-corrected chi connectivity index (χ3v) is 4.09. The van der Waals surface area contributed by atoms with Gasteiger partial charge in [-0.05, 0) is 60.7 Å². The Kier molecular flexibility index (Phi) is 7.59. The number of likely N-dealkylation sites (tertiary alicyclic amines) is 1. The summed E-state index contributed by atoms with van der Waals surface area (Å²) in [4.78, 5) is 16.4. The first-order valence-corrected chi connectivity index (χ1v) is 8.30. The minimum Gasteiger partial charge on any atom is -0.444 e. The molecule has 3 N–H and O–H groups in total. The maximum Gasteiger partial charge on any atom is 0.407 e. The second-order valence-corrected chi connectivity index (χ2v) is 7.36. The van der Waals surface area contributed by atoms with Crippen molar-refractivity contribution in [1.29, 1.82) is 0 Å². The van der Waals surface area contributed by atoms with Crippen LogP contribution in [0.1, 0.15) is 40.0 Å². The molecule has 22 heavy (non-hydrogen) atoms. The molecule has 1 rings (SSSR count). The van der Waals surface area contributed by atoms with Crippen molar-refractivity contribution in [2.24, 2.45) is 5.73 Å². The Hall–Kier alpha value is -0.850. The summed E-state index contributed by atoms with van der Waals surface area (Å²) >= 11 is 0. The summed E-state index contributed by atoms with van der Waals surface area (Å²) in [6, 6.07) is 0.916. The number of carbonyl (C=O) groups excluding carboxylic acids is 1. The van der Waals surface area contributed by atoms with Crippen molar-refractivity contribution in [3.8, 4) is 0 Å². The molecule has 2 atom stereocenters. The van der Waals surface area contributed by atoms with Gasteiger partial charge in [-0.3, -0.25) is 4.90 Å². The van der Waals surface area contributed by atoms with E-state index in [4.69, 9.17) is 10.5 Å². The van der Waals surface area contributed by atoms with E-state index in [1.165, 1.54) is 12.8 Å². The highest BCUT2D eigenvalue weighted by Crippen LogP contribution is 2.17. The quantitative estimate of drug-likeness (QED) is 0.772. The molecule has 0 bridgehead atoms. The number of alkyl carbamates (subject to hydrolysis) is 1. The van der Waals surface area contributed by atoms with Gasteiger partial charge in [-0.2, -0.15) is 0 Å². The Morgan fingerprint density at radius 2 is 2.14 bits per heavy atom. The minimum atomic E-state index is -0.455. The van der Waals surface area contributed by atoms with Gasteiger partial charge in [0.15, 0.2) is 0 Å². The minimum absolute atomic E-state index is 0.317. The summed E-state index contributed by atoms with van der Waals surface area (Å²) in [7, 11) is 4.27. The topological polar surface area (TPSA) is 70.8 Å². The first-order chi connectivity index (χ1) is 10.2. The van der Waals surface area contributed by atoms with Crippen molar-refractivity contribution in [2.45, 2.75) is 57.7 Å². The molecule has 0 aromatic heterocycles. The van der Waals surface area contributed by atoms with E-state index in [0.29, 0.717) is 25.2 Å². The third kappa shape index (κ3) is 6.94. The molecular formula is C16H34N4O2. The lowest BCUT2D eigenvalue weighted by molar-refractivity contribution is 0.0515. The predicted octanol–water partition coefficient (Wildman–Crippen LogP) is 1.25. The van der Waals surface area contributed by atoms with E-state index in [9.17, 15) is 4.79 Å². The number of piperidine rings is 1. The molecule has 1 aliphatic heterocycles. The van der Waals surface area contributed by atoms with E-state index in [2.05, 4.69) is 29.2 Å². The first kappa shape index (κ1) is 19.2. The maximum atomic E-state index is 11.7. The molecule has 0 radical (unpaired) electrons. The molecule has 6 nitrogen and oxygen atoms in total. The number of nitrogens with two attached hydrogens (primary N) is 1. The number of hydrogen-bond donors (Lipinski definition) is 2. The van der Waals surface area contributed by atoms with E-state index in [0.717, 1.165) is 19.5 Å². The molecule has 0 aromatic rings. The summed E-state index contributed by atoms with van der Waals surface area (Å²) in [6.45, 7) is 8.97. The Morgan fingerprint density at radius 1 is 1.45 bits per heavy atom. The van der Waals surface area contributed by atoms with Crippen LogP contribution >= 0.6 is 0 Å². The zero-order valence-electron chi connectivity index (χ0n) is 14.9. The van der Waals surface area contributed by atoms with Gasteiger partial charge in [-0.15, -0.1) is 0 Å². The monoisotopic (exact) mass is 314 g/mol. The smallest absolute Gasteiger partial charge is 0.407 e. The fourth-order valence-electron chi connectivity index (χ4n) is 2.84. The zero-order chi connectivity index (χ0) is 16.8. The van der Waals surface area contributed by atoms with Crippen LogP contribution in [0.4, 0.5) is 4.79 Å². The summed E-state index contributed by atoms with van der Waals surface area (Å²) in [5.74, 6) is 0. The van der Waals surface area contributed by atoms with E-state index < -0.39 is 5.60 Å². The van der Waals surface area contributed by atoms with Gasteiger partial charge in [0, 0.05) is 31.7 Å². The molecule has 0 aromatic carbocycles. The summed E-state index contributed by atoms with van der Waals surface area (Å²) < 4.78 is 5.25. The average molecular weight is 314 g/mol. The highest BCUT2D eigenvalue weighted by Gasteiger charge is 2.26.